The van der Waals surface area contributed by atoms with Gasteiger partial charge < -0.3 is 16.0 Å². The number of nitrogens with one attached hydrogen (secondary N) is 1. The van der Waals surface area contributed by atoms with E-state index in [2.05, 4.69) is 5.32 Å². The highest BCUT2D eigenvalue weighted by Crippen LogP contribution is 2.20. The first-order chi connectivity index (χ1) is 13.9. The van der Waals surface area contributed by atoms with Gasteiger partial charge in [0, 0.05) is 37.7 Å². The van der Waals surface area contributed by atoms with Crippen LogP contribution in [0.5, 0.6) is 0 Å². The third kappa shape index (κ3) is 5.56. The molecule has 5 nitrogen and oxygen atoms in total. The van der Waals surface area contributed by atoms with Crippen LogP contribution in [0.3, 0.4) is 0 Å². The van der Waals surface area contributed by atoms with Crippen LogP contribution in [0, 0.1) is 18.7 Å². The van der Waals surface area contributed by atoms with Crippen LogP contribution in [0.15, 0.2) is 42.5 Å². The first-order valence-corrected chi connectivity index (χ1v) is 10.1. The molecular weight excluding hydrogens is 369 g/mol. The van der Waals surface area contributed by atoms with Crippen LogP contribution in [0.2, 0.25) is 0 Å². The molecule has 1 heterocycles. The molecule has 3 rings (SSSR count). The predicted octanol–water partition coefficient (Wildman–Crippen LogP) is 3.20. The van der Waals surface area contributed by atoms with Gasteiger partial charge in [-0.05, 0) is 55.0 Å². The topological polar surface area (TPSA) is 75.4 Å². The number of aryl methyl sites for hydroxylation is 2. The van der Waals surface area contributed by atoms with Crippen LogP contribution in [0.1, 0.15) is 36.0 Å². The van der Waals surface area contributed by atoms with Gasteiger partial charge in [0.15, 0.2) is 0 Å². The molecule has 1 saturated heterocycles. The maximum absolute atomic E-state index is 13.6. The van der Waals surface area contributed by atoms with Gasteiger partial charge in [0.2, 0.25) is 11.8 Å². The zero-order valence-electron chi connectivity index (χ0n) is 16.8. The lowest BCUT2D eigenvalue weighted by atomic mass is 9.95. The van der Waals surface area contributed by atoms with Crippen molar-refractivity contribution >= 4 is 17.5 Å². The lowest BCUT2D eigenvalue weighted by molar-refractivity contribution is -0.135. The fourth-order valence-electron chi connectivity index (χ4n) is 3.63. The van der Waals surface area contributed by atoms with Crippen molar-refractivity contribution in [1.29, 1.82) is 0 Å². The van der Waals surface area contributed by atoms with Gasteiger partial charge in [-0.3, -0.25) is 9.59 Å². The number of amides is 2. The summed E-state index contributed by atoms with van der Waals surface area (Å²) in [7, 11) is 0. The van der Waals surface area contributed by atoms with Crippen molar-refractivity contribution in [3.8, 4) is 0 Å². The summed E-state index contributed by atoms with van der Waals surface area (Å²) in [5.74, 6) is -0.308. The fraction of sp³-hybridized carbons (Fsp3) is 0.391. The Bertz CT molecular complexity index is 876. The lowest BCUT2D eigenvalue weighted by Gasteiger charge is -2.31. The Morgan fingerprint density at radius 2 is 1.90 bits per heavy atom. The second-order valence-electron chi connectivity index (χ2n) is 7.66. The van der Waals surface area contributed by atoms with E-state index in [-0.39, 0.29) is 23.5 Å². The van der Waals surface area contributed by atoms with Gasteiger partial charge >= 0.3 is 0 Å². The van der Waals surface area contributed by atoms with E-state index in [9.17, 15) is 14.0 Å². The third-order valence-corrected chi connectivity index (χ3v) is 5.58. The van der Waals surface area contributed by atoms with Gasteiger partial charge in [-0.15, -0.1) is 0 Å². The molecule has 0 aromatic heterocycles. The van der Waals surface area contributed by atoms with E-state index < -0.39 is 0 Å². The van der Waals surface area contributed by atoms with Crippen LogP contribution in [-0.4, -0.2) is 29.8 Å². The van der Waals surface area contributed by atoms with Crippen molar-refractivity contribution in [2.45, 2.75) is 39.2 Å². The summed E-state index contributed by atoms with van der Waals surface area (Å²) >= 11 is 0. The van der Waals surface area contributed by atoms with Crippen LogP contribution in [0.25, 0.3) is 0 Å². The summed E-state index contributed by atoms with van der Waals surface area (Å²) in [5, 5.41) is 2.89. The minimum Gasteiger partial charge on any atom is -0.399 e. The third-order valence-electron chi connectivity index (χ3n) is 5.58. The van der Waals surface area contributed by atoms with Crippen LogP contribution in [0.4, 0.5) is 10.1 Å². The first kappa shape index (κ1) is 20.8. The van der Waals surface area contributed by atoms with Gasteiger partial charge in [-0.25, -0.2) is 4.39 Å². The monoisotopic (exact) mass is 397 g/mol. The number of piperidine rings is 1. The Kier molecular flexibility index (Phi) is 6.86. The standard InChI is InChI=1S/C23H28FN3O2/c1-16-6-7-17(14-20(16)24)15-26-23(29)19-10-12-27(13-11-19)22(28)9-8-18-4-2-3-5-21(18)25/h2-7,14,19H,8-13,15,25H2,1H3,(H,26,29). The number of likely N-dealkylation sites (tertiary alicyclic amines) is 1. The number of para-hydroxylation sites is 1. The summed E-state index contributed by atoms with van der Waals surface area (Å²) in [4.78, 5) is 26.7. The van der Waals surface area contributed by atoms with E-state index in [1.165, 1.54) is 6.07 Å². The van der Waals surface area contributed by atoms with Gasteiger partial charge in [-0.2, -0.15) is 0 Å². The van der Waals surface area contributed by atoms with Crippen molar-refractivity contribution < 1.29 is 14.0 Å². The summed E-state index contributed by atoms with van der Waals surface area (Å²) in [6.07, 6.45) is 2.34. The van der Waals surface area contributed by atoms with E-state index in [1.807, 2.05) is 35.2 Å². The molecule has 2 aromatic carbocycles. The molecule has 154 valence electrons. The second-order valence-corrected chi connectivity index (χ2v) is 7.66. The number of carbonyl (C=O) groups is 2. The van der Waals surface area contributed by atoms with Crippen molar-refractivity contribution in [3.05, 3.63) is 65.0 Å². The maximum atomic E-state index is 13.6. The zero-order valence-corrected chi connectivity index (χ0v) is 16.8. The number of hydrogen-bond donors (Lipinski definition) is 2. The summed E-state index contributed by atoms with van der Waals surface area (Å²) in [6, 6.07) is 12.6. The van der Waals surface area contributed by atoms with Crippen molar-refractivity contribution in [3.63, 3.8) is 0 Å². The Labute approximate surface area is 171 Å². The molecule has 0 aliphatic carbocycles. The molecule has 1 aliphatic heterocycles. The quantitative estimate of drug-likeness (QED) is 0.735. The molecule has 0 bridgehead atoms. The van der Waals surface area contributed by atoms with Crippen molar-refractivity contribution in [2.24, 2.45) is 5.92 Å². The molecule has 0 radical (unpaired) electrons. The minimum atomic E-state index is -0.263. The number of carbonyl (C=O) groups excluding carboxylic acids is 2. The van der Waals surface area contributed by atoms with Gasteiger partial charge in [-0.1, -0.05) is 30.3 Å². The van der Waals surface area contributed by atoms with E-state index in [4.69, 9.17) is 5.73 Å². The largest absolute Gasteiger partial charge is 0.399 e. The van der Waals surface area contributed by atoms with Crippen LogP contribution < -0.4 is 11.1 Å². The molecule has 0 saturated carbocycles. The number of nitrogens with two attached hydrogens (primary N) is 1. The van der Waals surface area contributed by atoms with Crippen molar-refractivity contribution in [2.75, 3.05) is 18.8 Å². The maximum Gasteiger partial charge on any atom is 0.223 e. The Morgan fingerprint density at radius 3 is 2.59 bits per heavy atom. The molecule has 2 aromatic rings. The van der Waals surface area contributed by atoms with E-state index >= 15 is 0 Å². The minimum absolute atomic E-state index is 0.0323. The number of halogens is 1. The fourth-order valence-corrected chi connectivity index (χ4v) is 3.63. The molecule has 1 fully saturated rings. The zero-order chi connectivity index (χ0) is 20.8. The Hall–Kier alpha value is -2.89. The molecule has 0 atom stereocenters. The highest BCUT2D eigenvalue weighted by atomic mass is 19.1. The Balaban J connectivity index is 1.42. The molecule has 0 spiro atoms. The number of nitrogen functional groups attached to an aromatic ring is 1. The normalized spacial score (nSPS) is 14.6. The highest BCUT2D eigenvalue weighted by molar-refractivity contribution is 5.80. The highest BCUT2D eigenvalue weighted by Gasteiger charge is 2.27. The van der Waals surface area contributed by atoms with Gasteiger partial charge in [0.1, 0.15) is 5.82 Å². The number of hydrogen-bond acceptors (Lipinski definition) is 3. The number of rotatable bonds is 6. The average molecular weight is 397 g/mol. The molecule has 2 amide bonds. The summed E-state index contributed by atoms with van der Waals surface area (Å²) in [5.41, 5.74) is 8.97. The predicted molar refractivity (Wildman–Crippen MR) is 111 cm³/mol. The smallest absolute Gasteiger partial charge is 0.223 e. The number of benzene rings is 2. The van der Waals surface area contributed by atoms with Crippen molar-refractivity contribution in [1.82, 2.24) is 10.2 Å². The van der Waals surface area contributed by atoms with E-state index in [0.29, 0.717) is 56.6 Å². The lowest BCUT2D eigenvalue weighted by Crippen LogP contribution is -2.43. The van der Waals surface area contributed by atoms with E-state index in [0.717, 1.165) is 11.1 Å². The molecule has 3 N–H and O–H groups in total. The molecular formula is C23H28FN3O2. The molecule has 0 unspecified atom stereocenters. The first-order valence-electron chi connectivity index (χ1n) is 10.1. The van der Waals surface area contributed by atoms with Gasteiger partial charge in [0.25, 0.3) is 0 Å². The van der Waals surface area contributed by atoms with E-state index in [1.54, 1.807) is 13.0 Å². The van der Waals surface area contributed by atoms with Gasteiger partial charge in [0.05, 0.1) is 0 Å². The summed E-state index contributed by atoms with van der Waals surface area (Å²) < 4.78 is 13.6. The van der Waals surface area contributed by atoms with Crippen LogP contribution in [-0.2, 0) is 22.6 Å². The molecule has 1 aliphatic rings. The van der Waals surface area contributed by atoms with Crippen LogP contribution >= 0.6 is 0 Å². The number of nitrogens with zero attached hydrogens (tertiary/aromatic N) is 1. The Morgan fingerprint density at radius 1 is 1.17 bits per heavy atom. The second kappa shape index (κ2) is 9.54. The molecule has 6 heteroatoms. The molecule has 29 heavy (non-hydrogen) atoms. The SMILES string of the molecule is Cc1ccc(CNC(=O)C2CCN(C(=O)CCc3ccccc3N)CC2)cc1F. The average Bonchev–Trinajstić information content (AvgIpc) is 2.73. The summed E-state index contributed by atoms with van der Waals surface area (Å²) in [6.45, 7) is 3.19. The number of anilines is 1.